The minimum Gasteiger partial charge on any atom is -0.355 e. The molecule has 2 nitrogen and oxygen atoms in total. The number of rotatable bonds is 3. The van der Waals surface area contributed by atoms with Crippen LogP contribution in [0.5, 0.6) is 0 Å². The molecule has 2 aromatic carbocycles. The van der Waals surface area contributed by atoms with Gasteiger partial charge in [-0.1, -0.05) is 36.4 Å². The van der Waals surface area contributed by atoms with Gasteiger partial charge in [-0.3, -0.25) is 0 Å². The van der Waals surface area contributed by atoms with E-state index in [2.05, 4.69) is 5.32 Å². The fourth-order valence-corrected chi connectivity index (χ4v) is 1.60. The monoisotopic (exact) mass is 210 g/mol. The topological polar surface area (TPSA) is 35.9 Å². The molecular weight excluding hydrogens is 196 g/mol. The van der Waals surface area contributed by atoms with Crippen LogP contribution in [-0.2, 0) is 0 Å². The predicted molar refractivity (Wildman–Crippen MR) is 68.7 cm³/mol. The molecule has 80 valence electrons. The van der Waals surface area contributed by atoms with E-state index in [0.717, 1.165) is 16.9 Å². The molecule has 0 aliphatic heterocycles. The van der Waals surface area contributed by atoms with Gasteiger partial charge in [0.25, 0.3) is 0 Å². The number of anilines is 2. The quantitative estimate of drug-likeness (QED) is 0.742. The molecule has 2 rings (SSSR count). The van der Waals surface area contributed by atoms with Gasteiger partial charge in [-0.05, 0) is 25.1 Å². The Bertz CT molecular complexity index is 489. The van der Waals surface area contributed by atoms with Crippen molar-refractivity contribution in [3.63, 3.8) is 0 Å². The maximum absolute atomic E-state index is 7.70. The van der Waals surface area contributed by atoms with Crippen molar-refractivity contribution in [2.24, 2.45) is 0 Å². The highest BCUT2D eigenvalue weighted by molar-refractivity contribution is 6.01. The lowest BCUT2D eigenvalue weighted by molar-refractivity contribution is 1.44. The van der Waals surface area contributed by atoms with Crippen LogP contribution in [0.3, 0.4) is 0 Å². The number of hydrogen-bond acceptors (Lipinski definition) is 2. The summed E-state index contributed by atoms with van der Waals surface area (Å²) in [5.41, 5.74) is 3.52. The molecule has 0 aromatic heterocycles. The van der Waals surface area contributed by atoms with Crippen molar-refractivity contribution >= 4 is 17.1 Å². The van der Waals surface area contributed by atoms with E-state index in [9.17, 15) is 0 Å². The van der Waals surface area contributed by atoms with Crippen molar-refractivity contribution in [2.45, 2.75) is 6.92 Å². The molecule has 0 bridgehead atoms. The van der Waals surface area contributed by atoms with Crippen LogP contribution in [0.1, 0.15) is 12.5 Å². The molecule has 2 aromatic rings. The molecule has 16 heavy (non-hydrogen) atoms. The summed E-state index contributed by atoms with van der Waals surface area (Å²) in [6.45, 7) is 1.80. The van der Waals surface area contributed by atoms with Gasteiger partial charge in [0.05, 0.1) is 0 Å². The predicted octanol–water partition coefficient (Wildman–Crippen LogP) is 3.82. The summed E-state index contributed by atoms with van der Waals surface area (Å²) in [6.07, 6.45) is 0. The Morgan fingerprint density at radius 2 is 1.56 bits per heavy atom. The fraction of sp³-hybridized carbons (Fsp3) is 0.0714. The molecule has 2 N–H and O–H groups in total. The van der Waals surface area contributed by atoms with Gasteiger partial charge in [0.1, 0.15) is 0 Å². The summed E-state index contributed by atoms with van der Waals surface area (Å²) in [6, 6.07) is 17.8. The number of benzene rings is 2. The third kappa shape index (κ3) is 2.28. The summed E-state index contributed by atoms with van der Waals surface area (Å²) < 4.78 is 0. The largest absolute Gasteiger partial charge is 0.355 e. The summed E-state index contributed by atoms with van der Waals surface area (Å²) in [4.78, 5) is 0. The lowest BCUT2D eigenvalue weighted by Crippen LogP contribution is -1.99. The number of para-hydroxylation sites is 2. The molecule has 0 atom stereocenters. The average molecular weight is 210 g/mol. The zero-order valence-corrected chi connectivity index (χ0v) is 9.20. The van der Waals surface area contributed by atoms with Crippen molar-refractivity contribution in [1.29, 1.82) is 5.41 Å². The normalized spacial score (nSPS) is 9.81. The summed E-state index contributed by atoms with van der Waals surface area (Å²) in [5.74, 6) is 0. The second-order valence-electron chi connectivity index (χ2n) is 3.66. The van der Waals surface area contributed by atoms with Gasteiger partial charge >= 0.3 is 0 Å². The SMILES string of the molecule is CC(=N)c1ccccc1Nc1ccccc1. The highest BCUT2D eigenvalue weighted by Gasteiger charge is 2.02. The van der Waals surface area contributed by atoms with E-state index in [0.29, 0.717) is 5.71 Å². The van der Waals surface area contributed by atoms with E-state index in [1.54, 1.807) is 6.92 Å². The van der Waals surface area contributed by atoms with Gasteiger partial charge in [0.15, 0.2) is 0 Å². The molecule has 0 saturated heterocycles. The number of hydrogen-bond donors (Lipinski definition) is 2. The lowest BCUT2D eigenvalue weighted by atomic mass is 10.1. The zero-order valence-electron chi connectivity index (χ0n) is 9.20. The molecule has 0 unspecified atom stereocenters. The van der Waals surface area contributed by atoms with E-state index < -0.39 is 0 Å². The molecule has 0 amide bonds. The Kier molecular flexibility index (Phi) is 3.01. The first-order valence-corrected chi connectivity index (χ1v) is 5.24. The Labute approximate surface area is 95.5 Å². The standard InChI is InChI=1S/C14H14N2/c1-11(15)13-9-5-6-10-14(13)16-12-7-3-2-4-8-12/h2-10,15-16H,1H3. The van der Waals surface area contributed by atoms with Crippen LogP contribution >= 0.6 is 0 Å². The van der Waals surface area contributed by atoms with Crippen molar-refractivity contribution in [3.8, 4) is 0 Å². The Morgan fingerprint density at radius 1 is 0.938 bits per heavy atom. The van der Waals surface area contributed by atoms with Gasteiger partial charge in [0, 0.05) is 22.6 Å². The van der Waals surface area contributed by atoms with Crippen molar-refractivity contribution < 1.29 is 0 Å². The van der Waals surface area contributed by atoms with Crippen LogP contribution in [0.25, 0.3) is 0 Å². The van der Waals surface area contributed by atoms with Crippen molar-refractivity contribution in [1.82, 2.24) is 0 Å². The van der Waals surface area contributed by atoms with Gasteiger partial charge < -0.3 is 10.7 Å². The lowest BCUT2D eigenvalue weighted by Gasteiger charge is -2.10. The zero-order chi connectivity index (χ0) is 11.4. The first kappa shape index (κ1) is 10.4. The van der Waals surface area contributed by atoms with Gasteiger partial charge in [-0.25, -0.2) is 0 Å². The van der Waals surface area contributed by atoms with Gasteiger partial charge in [0.2, 0.25) is 0 Å². The van der Waals surface area contributed by atoms with E-state index >= 15 is 0 Å². The Morgan fingerprint density at radius 3 is 2.25 bits per heavy atom. The first-order chi connectivity index (χ1) is 7.77. The van der Waals surface area contributed by atoms with Crippen LogP contribution in [0.4, 0.5) is 11.4 Å². The maximum atomic E-state index is 7.70. The number of nitrogens with one attached hydrogen (secondary N) is 2. The highest BCUT2D eigenvalue weighted by Crippen LogP contribution is 2.20. The Hall–Kier alpha value is -2.09. The fourth-order valence-electron chi connectivity index (χ4n) is 1.60. The second kappa shape index (κ2) is 4.62. The summed E-state index contributed by atoms with van der Waals surface area (Å²) in [7, 11) is 0. The molecular formula is C14H14N2. The summed E-state index contributed by atoms with van der Waals surface area (Å²) in [5, 5.41) is 11.0. The average Bonchev–Trinajstić information content (AvgIpc) is 2.31. The molecule has 2 heteroatoms. The second-order valence-corrected chi connectivity index (χ2v) is 3.66. The molecule has 0 aliphatic rings. The summed E-state index contributed by atoms with van der Waals surface area (Å²) >= 11 is 0. The third-order valence-electron chi connectivity index (χ3n) is 2.38. The molecule has 0 heterocycles. The van der Waals surface area contributed by atoms with Crippen LogP contribution in [-0.4, -0.2) is 5.71 Å². The van der Waals surface area contributed by atoms with Gasteiger partial charge in [-0.2, -0.15) is 0 Å². The molecule has 0 fully saturated rings. The van der Waals surface area contributed by atoms with Crippen LogP contribution < -0.4 is 5.32 Å². The van der Waals surface area contributed by atoms with E-state index in [1.165, 1.54) is 0 Å². The van der Waals surface area contributed by atoms with Crippen molar-refractivity contribution in [2.75, 3.05) is 5.32 Å². The van der Waals surface area contributed by atoms with Crippen LogP contribution in [0.2, 0.25) is 0 Å². The van der Waals surface area contributed by atoms with Crippen LogP contribution in [0, 0.1) is 5.41 Å². The molecule has 0 saturated carbocycles. The maximum Gasteiger partial charge on any atom is 0.0475 e. The molecule has 0 radical (unpaired) electrons. The van der Waals surface area contributed by atoms with Crippen molar-refractivity contribution in [3.05, 3.63) is 60.2 Å². The minimum atomic E-state index is 0.569. The Balaban J connectivity index is 2.31. The smallest absolute Gasteiger partial charge is 0.0475 e. The van der Waals surface area contributed by atoms with E-state index in [1.807, 2.05) is 54.6 Å². The van der Waals surface area contributed by atoms with Crippen LogP contribution in [0.15, 0.2) is 54.6 Å². The van der Waals surface area contributed by atoms with E-state index in [-0.39, 0.29) is 0 Å². The third-order valence-corrected chi connectivity index (χ3v) is 2.38. The van der Waals surface area contributed by atoms with E-state index in [4.69, 9.17) is 5.41 Å². The minimum absolute atomic E-state index is 0.569. The molecule has 0 aliphatic carbocycles. The first-order valence-electron chi connectivity index (χ1n) is 5.24. The molecule has 0 spiro atoms. The van der Waals surface area contributed by atoms with Gasteiger partial charge in [-0.15, -0.1) is 0 Å². The highest BCUT2D eigenvalue weighted by atomic mass is 14.9.